The van der Waals surface area contributed by atoms with E-state index in [1.807, 2.05) is 42.5 Å². The Balaban J connectivity index is 1.76. The number of hydrogen-bond acceptors (Lipinski definition) is 3. The Hall–Kier alpha value is -2.99. The number of H-pyrrole nitrogens is 1. The maximum Gasteiger partial charge on any atom is 0.410 e. The third kappa shape index (κ3) is 3.87. The van der Waals surface area contributed by atoms with E-state index in [4.69, 9.17) is 21.1 Å². The standard InChI is InChI=1S/C23H22ClFN2O3/c1-2-12-29-17-6-3-15(4-7-17)22-21-18(9-11-27(22)23(28)30-13-10-25)19-14-16(24)5-8-20(19)26-21/h2-8,14,22,26H,1,9-13H2. The van der Waals surface area contributed by atoms with Crippen LogP contribution >= 0.6 is 11.6 Å². The first-order valence-electron chi connectivity index (χ1n) is 9.75. The van der Waals surface area contributed by atoms with Crippen molar-refractivity contribution in [1.29, 1.82) is 0 Å². The van der Waals surface area contributed by atoms with Crippen LogP contribution in [0.15, 0.2) is 55.1 Å². The van der Waals surface area contributed by atoms with E-state index >= 15 is 0 Å². The number of nitrogens with zero attached hydrogens (tertiary/aromatic N) is 1. The highest BCUT2D eigenvalue weighted by atomic mass is 35.5. The minimum absolute atomic E-state index is 0.258. The summed E-state index contributed by atoms with van der Waals surface area (Å²) in [7, 11) is 0. The summed E-state index contributed by atoms with van der Waals surface area (Å²) < 4.78 is 23.2. The van der Waals surface area contributed by atoms with Crippen molar-refractivity contribution in [3.8, 4) is 5.75 Å². The van der Waals surface area contributed by atoms with Crippen LogP contribution in [0.25, 0.3) is 10.9 Å². The molecule has 5 nitrogen and oxygen atoms in total. The molecule has 1 aliphatic heterocycles. The summed E-state index contributed by atoms with van der Waals surface area (Å²) in [6, 6.07) is 12.9. The number of aromatic amines is 1. The minimum Gasteiger partial charge on any atom is -0.490 e. The number of amides is 1. The van der Waals surface area contributed by atoms with Crippen LogP contribution in [0.1, 0.15) is 22.9 Å². The fourth-order valence-corrected chi connectivity index (χ4v) is 4.09. The fraction of sp³-hybridized carbons (Fsp3) is 0.261. The molecule has 0 aliphatic carbocycles. The van der Waals surface area contributed by atoms with E-state index in [0.29, 0.717) is 30.3 Å². The number of carbonyl (C=O) groups excluding carboxylic acids is 1. The van der Waals surface area contributed by atoms with Crippen LogP contribution in [0.3, 0.4) is 0 Å². The summed E-state index contributed by atoms with van der Waals surface area (Å²) in [5.41, 5.74) is 3.89. The fourth-order valence-electron chi connectivity index (χ4n) is 3.91. The highest BCUT2D eigenvalue weighted by Crippen LogP contribution is 2.39. The molecule has 7 heteroatoms. The number of hydrogen-bond donors (Lipinski definition) is 1. The average Bonchev–Trinajstić information content (AvgIpc) is 3.13. The molecule has 1 atom stereocenters. The van der Waals surface area contributed by atoms with Gasteiger partial charge in [0.15, 0.2) is 0 Å². The van der Waals surface area contributed by atoms with Gasteiger partial charge in [-0.3, -0.25) is 4.90 Å². The Morgan fingerprint density at radius 2 is 2.10 bits per heavy atom. The van der Waals surface area contributed by atoms with Gasteiger partial charge in [-0.25, -0.2) is 9.18 Å². The zero-order chi connectivity index (χ0) is 21.1. The van der Waals surface area contributed by atoms with Gasteiger partial charge in [0.1, 0.15) is 31.7 Å². The van der Waals surface area contributed by atoms with Crippen molar-refractivity contribution >= 4 is 28.6 Å². The summed E-state index contributed by atoms with van der Waals surface area (Å²) in [5.74, 6) is 0.713. The molecule has 0 saturated heterocycles. The average molecular weight is 429 g/mol. The van der Waals surface area contributed by atoms with E-state index in [1.165, 1.54) is 0 Å². The summed E-state index contributed by atoms with van der Waals surface area (Å²) in [5, 5.41) is 1.71. The maximum absolute atomic E-state index is 12.7. The second kappa shape index (κ2) is 8.79. The predicted molar refractivity (Wildman–Crippen MR) is 115 cm³/mol. The number of nitrogens with one attached hydrogen (secondary N) is 1. The van der Waals surface area contributed by atoms with Gasteiger partial charge in [-0.2, -0.15) is 0 Å². The highest BCUT2D eigenvalue weighted by molar-refractivity contribution is 6.31. The normalized spacial score (nSPS) is 15.7. The Bertz CT molecular complexity index is 1060. The van der Waals surface area contributed by atoms with Crippen LogP contribution < -0.4 is 4.74 Å². The molecule has 1 unspecified atom stereocenters. The molecule has 1 aliphatic rings. The zero-order valence-corrected chi connectivity index (χ0v) is 17.1. The molecular weight excluding hydrogens is 407 g/mol. The van der Waals surface area contributed by atoms with Crippen LogP contribution in [-0.2, 0) is 11.2 Å². The van der Waals surface area contributed by atoms with Gasteiger partial charge in [0.25, 0.3) is 0 Å². The summed E-state index contributed by atoms with van der Waals surface area (Å²) in [6.07, 6.45) is 1.80. The lowest BCUT2D eigenvalue weighted by Crippen LogP contribution is -2.41. The first-order chi connectivity index (χ1) is 14.6. The van der Waals surface area contributed by atoms with Crippen LogP contribution in [0, 0.1) is 0 Å². The van der Waals surface area contributed by atoms with E-state index in [0.717, 1.165) is 27.7 Å². The van der Waals surface area contributed by atoms with E-state index < -0.39 is 12.8 Å². The molecular formula is C23H22ClFN2O3. The maximum atomic E-state index is 12.7. The highest BCUT2D eigenvalue weighted by Gasteiger charge is 2.35. The number of fused-ring (bicyclic) bond motifs is 3. The number of ether oxygens (including phenoxy) is 2. The molecule has 4 rings (SSSR count). The number of aromatic nitrogens is 1. The van der Waals surface area contributed by atoms with Gasteiger partial charge in [-0.05, 0) is 47.9 Å². The Kier molecular flexibility index (Phi) is 5.95. The minimum atomic E-state index is -0.713. The van der Waals surface area contributed by atoms with Crippen molar-refractivity contribution in [2.24, 2.45) is 0 Å². The van der Waals surface area contributed by atoms with E-state index in [9.17, 15) is 9.18 Å². The molecule has 2 aromatic carbocycles. The molecule has 1 amide bonds. The van der Waals surface area contributed by atoms with Gasteiger partial charge in [0.05, 0.1) is 0 Å². The van der Waals surface area contributed by atoms with Crippen LogP contribution in [0.2, 0.25) is 5.02 Å². The summed E-state index contributed by atoms with van der Waals surface area (Å²) in [4.78, 5) is 17.8. The SMILES string of the molecule is C=CCOc1ccc(C2c3[nH]c4ccc(Cl)cc4c3CCN2C(=O)OCCF)cc1. The van der Waals surface area contributed by atoms with E-state index in [1.54, 1.807) is 11.0 Å². The van der Waals surface area contributed by atoms with Gasteiger partial charge in [0, 0.05) is 28.2 Å². The van der Waals surface area contributed by atoms with Crippen molar-refractivity contribution in [3.05, 3.63) is 77.0 Å². The smallest absolute Gasteiger partial charge is 0.410 e. The summed E-state index contributed by atoms with van der Waals surface area (Å²) >= 11 is 6.21. The summed E-state index contributed by atoms with van der Waals surface area (Å²) in [6.45, 7) is 3.55. The molecule has 30 heavy (non-hydrogen) atoms. The van der Waals surface area contributed by atoms with E-state index in [2.05, 4.69) is 11.6 Å². The molecule has 0 saturated carbocycles. The Morgan fingerprint density at radius 1 is 1.30 bits per heavy atom. The van der Waals surface area contributed by atoms with Gasteiger partial charge in [-0.1, -0.05) is 36.4 Å². The molecule has 0 fully saturated rings. The van der Waals surface area contributed by atoms with Gasteiger partial charge in [0.2, 0.25) is 0 Å². The van der Waals surface area contributed by atoms with E-state index in [-0.39, 0.29) is 12.6 Å². The van der Waals surface area contributed by atoms with Crippen molar-refractivity contribution in [2.75, 3.05) is 26.4 Å². The monoisotopic (exact) mass is 428 g/mol. The van der Waals surface area contributed by atoms with Gasteiger partial charge < -0.3 is 14.5 Å². The second-order valence-corrected chi connectivity index (χ2v) is 7.46. The molecule has 3 aromatic rings. The topological polar surface area (TPSA) is 54.6 Å². The van der Waals surface area contributed by atoms with Crippen molar-refractivity contribution in [1.82, 2.24) is 9.88 Å². The molecule has 1 N–H and O–H groups in total. The number of benzene rings is 2. The third-order valence-electron chi connectivity index (χ3n) is 5.19. The second-order valence-electron chi connectivity index (χ2n) is 7.03. The van der Waals surface area contributed by atoms with Gasteiger partial charge >= 0.3 is 6.09 Å². The largest absolute Gasteiger partial charge is 0.490 e. The van der Waals surface area contributed by atoms with Crippen LogP contribution in [-0.4, -0.2) is 42.4 Å². The third-order valence-corrected chi connectivity index (χ3v) is 5.42. The number of alkyl halides is 1. The zero-order valence-electron chi connectivity index (χ0n) is 16.4. The number of rotatable bonds is 6. The first-order valence-corrected chi connectivity index (χ1v) is 10.1. The number of halogens is 2. The molecule has 1 aromatic heterocycles. The lowest BCUT2D eigenvalue weighted by atomic mass is 9.92. The molecule has 0 spiro atoms. The van der Waals surface area contributed by atoms with Crippen LogP contribution in [0.4, 0.5) is 9.18 Å². The number of carbonyl (C=O) groups is 1. The first kappa shape index (κ1) is 20.3. The van der Waals surface area contributed by atoms with Crippen LogP contribution in [0.5, 0.6) is 5.75 Å². The Morgan fingerprint density at radius 3 is 2.83 bits per heavy atom. The van der Waals surface area contributed by atoms with Gasteiger partial charge in [-0.15, -0.1) is 0 Å². The molecule has 0 bridgehead atoms. The van der Waals surface area contributed by atoms with Crippen molar-refractivity contribution in [3.63, 3.8) is 0 Å². The van der Waals surface area contributed by atoms with Crippen molar-refractivity contribution < 1.29 is 18.7 Å². The lowest BCUT2D eigenvalue weighted by Gasteiger charge is -2.35. The predicted octanol–water partition coefficient (Wildman–Crippen LogP) is 5.44. The van der Waals surface area contributed by atoms with Crippen molar-refractivity contribution in [2.45, 2.75) is 12.5 Å². The Labute approximate surface area is 179 Å². The molecule has 2 heterocycles. The quantitative estimate of drug-likeness (QED) is 0.532. The lowest BCUT2D eigenvalue weighted by molar-refractivity contribution is 0.0837. The molecule has 156 valence electrons. The molecule has 0 radical (unpaired) electrons.